The molecule has 0 spiro atoms. The summed E-state index contributed by atoms with van der Waals surface area (Å²) in [6, 6.07) is 15.5. The van der Waals surface area contributed by atoms with Gasteiger partial charge in [0.1, 0.15) is 17.1 Å². The number of carbonyl (C=O) groups excluding carboxylic acids is 1. The fraction of sp³-hybridized carbons (Fsp3) is 0.115. The van der Waals surface area contributed by atoms with Gasteiger partial charge in [0.25, 0.3) is 16.0 Å². The summed E-state index contributed by atoms with van der Waals surface area (Å²) in [6.45, 7) is 3.60. The van der Waals surface area contributed by atoms with Crippen molar-refractivity contribution >= 4 is 67.1 Å². The summed E-state index contributed by atoms with van der Waals surface area (Å²) in [5, 5.41) is 23.5. The van der Waals surface area contributed by atoms with Crippen molar-refractivity contribution in [3.05, 3.63) is 81.8 Å². The molecule has 38 heavy (non-hydrogen) atoms. The summed E-state index contributed by atoms with van der Waals surface area (Å²) in [6.07, 6.45) is 0. The predicted octanol–water partition coefficient (Wildman–Crippen LogP) is 7.47. The van der Waals surface area contributed by atoms with Crippen LogP contribution in [-0.4, -0.2) is 30.6 Å². The van der Waals surface area contributed by atoms with Crippen LogP contribution in [0, 0.1) is 6.92 Å². The molecular weight excluding hydrogens is 553 g/mol. The van der Waals surface area contributed by atoms with Gasteiger partial charge in [-0.15, -0.1) is 10.2 Å². The molecule has 0 saturated carbocycles. The van der Waals surface area contributed by atoms with Crippen LogP contribution in [0.1, 0.15) is 22.8 Å². The number of fused-ring (bicyclic) bond motifs is 1. The van der Waals surface area contributed by atoms with E-state index in [0.29, 0.717) is 33.8 Å². The molecule has 0 saturated heterocycles. The van der Waals surface area contributed by atoms with E-state index in [1.165, 1.54) is 19.1 Å². The van der Waals surface area contributed by atoms with Crippen molar-refractivity contribution in [3.8, 4) is 11.5 Å². The van der Waals surface area contributed by atoms with Crippen molar-refractivity contribution in [3.63, 3.8) is 0 Å². The molecule has 0 aliphatic rings. The summed E-state index contributed by atoms with van der Waals surface area (Å²) in [5.74, 6) is -0.748. The molecule has 1 amide bonds. The van der Waals surface area contributed by atoms with Crippen molar-refractivity contribution in [2.24, 2.45) is 10.2 Å². The van der Waals surface area contributed by atoms with E-state index in [-0.39, 0.29) is 32.4 Å². The van der Waals surface area contributed by atoms with Gasteiger partial charge in [0.15, 0.2) is 5.75 Å². The fourth-order valence-electron chi connectivity index (χ4n) is 3.76. The number of carbonyl (C=O) groups is 1. The maximum atomic E-state index is 13.2. The number of aromatic hydroxyl groups is 1. The van der Waals surface area contributed by atoms with Gasteiger partial charge in [0.2, 0.25) is 0 Å². The third-order valence-electron chi connectivity index (χ3n) is 5.51. The highest BCUT2D eigenvalue weighted by Crippen LogP contribution is 2.41. The molecule has 4 aromatic carbocycles. The van der Waals surface area contributed by atoms with Crippen LogP contribution < -0.4 is 10.1 Å². The Morgan fingerprint density at radius 2 is 1.79 bits per heavy atom. The Hall–Kier alpha value is -3.70. The molecule has 4 rings (SSSR count). The van der Waals surface area contributed by atoms with Crippen LogP contribution in [-0.2, 0) is 10.1 Å². The van der Waals surface area contributed by atoms with Crippen LogP contribution in [0.2, 0.25) is 10.0 Å². The Kier molecular flexibility index (Phi) is 7.89. The van der Waals surface area contributed by atoms with Gasteiger partial charge in [-0.25, -0.2) is 0 Å². The van der Waals surface area contributed by atoms with Crippen molar-refractivity contribution in [1.82, 2.24) is 0 Å². The lowest BCUT2D eigenvalue weighted by atomic mass is 10.0. The Balaban J connectivity index is 1.80. The van der Waals surface area contributed by atoms with E-state index in [1.54, 1.807) is 49.4 Å². The number of aryl methyl sites for hydroxylation is 1. The molecule has 0 unspecified atom stereocenters. The Morgan fingerprint density at radius 3 is 2.50 bits per heavy atom. The SMILES string of the molecule is CCOc1cc(Cl)ccc1NC(=O)c1cc2ccccc2c(N=Nc2cc(S(=O)(=O)O)c(C)cc2Cl)c1O. The Morgan fingerprint density at radius 1 is 1.05 bits per heavy atom. The number of anilines is 1. The van der Waals surface area contributed by atoms with Gasteiger partial charge in [0, 0.05) is 16.5 Å². The number of phenolic OH excluding ortho intramolecular Hbond substituents is 1. The van der Waals surface area contributed by atoms with Crippen LogP contribution in [0.4, 0.5) is 17.1 Å². The summed E-state index contributed by atoms with van der Waals surface area (Å²) in [4.78, 5) is 12.9. The van der Waals surface area contributed by atoms with Gasteiger partial charge < -0.3 is 15.2 Å². The minimum atomic E-state index is -4.54. The number of amides is 1. The lowest BCUT2D eigenvalue weighted by Crippen LogP contribution is -2.13. The molecule has 0 atom stereocenters. The topological polar surface area (TPSA) is 138 Å². The monoisotopic (exact) mass is 573 g/mol. The molecule has 0 radical (unpaired) electrons. The second-order valence-corrected chi connectivity index (χ2v) is 10.3. The predicted molar refractivity (Wildman–Crippen MR) is 146 cm³/mol. The minimum Gasteiger partial charge on any atom is -0.505 e. The van der Waals surface area contributed by atoms with Gasteiger partial charge in [-0.2, -0.15) is 8.42 Å². The van der Waals surface area contributed by atoms with Crippen molar-refractivity contribution in [2.45, 2.75) is 18.7 Å². The number of phenols is 1. The molecule has 0 aliphatic heterocycles. The smallest absolute Gasteiger partial charge is 0.294 e. The van der Waals surface area contributed by atoms with E-state index in [0.717, 1.165) is 6.07 Å². The highest BCUT2D eigenvalue weighted by Gasteiger charge is 2.21. The highest BCUT2D eigenvalue weighted by molar-refractivity contribution is 7.85. The minimum absolute atomic E-state index is 0.0422. The zero-order valence-corrected chi connectivity index (χ0v) is 22.4. The van der Waals surface area contributed by atoms with E-state index in [2.05, 4.69) is 15.5 Å². The van der Waals surface area contributed by atoms with Crippen LogP contribution in [0.15, 0.2) is 75.8 Å². The maximum absolute atomic E-state index is 13.2. The molecule has 0 heterocycles. The molecule has 9 nitrogen and oxygen atoms in total. The van der Waals surface area contributed by atoms with Gasteiger partial charge in [-0.1, -0.05) is 47.5 Å². The Labute approximate surface area is 228 Å². The summed E-state index contributed by atoms with van der Waals surface area (Å²) < 4.78 is 38.5. The third kappa shape index (κ3) is 5.73. The quantitative estimate of drug-likeness (QED) is 0.155. The van der Waals surface area contributed by atoms with Crippen molar-refractivity contribution < 1.29 is 27.6 Å². The summed E-state index contributed by atoms with van der Waals surface area (Å²) in [7, 11) is -4.54. The molecule has 0 aromatic heterocycles. The average Bonchev–Trinajstić information content (AvgIpc) is 2.85. The first kappa shape index (κ1) is 27.3. The second-order valence-electron chi connectivity index (χ2n) is 8.11. The number of hydrogen-bond acceptors (Lipinski definition) is 7. The van der Waals surface area contributed by atoms with Crippen LogP contribution in [0.25, 0.3) is 10.8 Å². The number of hydrogen-bond donors (Lipinski definition) is 3. The molecule has 0 bridgehead atoms. The van der Waals surface area contributed by atoms with Crippen molar-refractivity contribution in [2.75, 3.05) is 11.9 Å². The van der Waals surface area contributed by atoms with Crippen molar-refractivity contribution in [1.29, 1.82) is 0 Å². The number of azo groups is 1. The first-order valence-electron chi connectivity index (χ1n) is 11.2. The molecular formula is C26H21Cl2N3O6S. The van der Waals surface area contributed by atoms with Gasteiger partial charge in [-0.05, 0) is 55.1 Å². The van der Waals surface area contributed by atoms with Crippen LogP contribution in [0.3, 0.4) is 0 Å². The van der Waals surface area contributed by atoms with E-state index >= 15 is 0 Å². The van der Waals surface area contributed by atoms with Gasteiger partial charge in [0.05, 0.1) is 27.8 Å². The van der Waals surface area contributed by atoms with E-state index in [4.69, 9.17) is 27.9 Å². The highest BCUT2D eigenvalue weighted by atomic mass is 35.5. The zero-order valence-electron chi connectivity index (χ0n) is 20.1. The zero-order chi connectivity index (χ0) is 27.6. The lowest BCUT2D eigenvalue weighted by Gasteiger charge is -2.14. The molecule has 4 aromatic rings. The van der Waals surface area contributed by atoms with E-state index in [1.807, 2.05) is 0 Å². The maximum Gasteiger partial charge on any atom is 0.294 e. The van der Waals surface area contributed by atoms with Gasteiger partial charge in [-0.3, -0.25) is 9.35 Å². The number of ether oxygens (including phenoxy) is 1. The normalized spacial score (nSPS) is 11.7. The largest absolute Gasteiger partial charge is 0.505 e. The molecule has 3 N–H and O–H groups in total. The molecule has 12 heteroatoms. The first-order chi connectivity index (χ1) is 18.0. The van der Waals surface area contributed by atoms with E-state index < -0.39 is 21.8 Å². The van der Waals surface area contributed by atoms with E-state index in [9.17, 15) is 22.9 Å². The molecule has 196 valence electrons. The molecule has 0 aliphatic carbocycles. The average molecular weight is 574 g/mol. The summed E-state index contributed by atoms with van der Waals surface area (Å²) >= 11 is 12.3. The standard InChI is InChI=1S/C26H21Cl2N3O6S/c1-3-37-22-12-16(27)8-9-20(22)29-26(33)18-11-15-6-4-5-7-17(15)24(25(18)32)31-30-21-13-23(38(34,35)36)14(2)10-19(21)28/h4-13,32H,3H2,1-2H3,(H,29,33)(H,34,35,36). The first-order valence-corrected chi connectivity index (χ1v) is 13.4. The van der Waals surface area contributed by atoms with Gasteiger partial charge >= 0.3 is 0 Å². The summed E-state index contributed by atoms with van der Waals surface area (Å²) in [5.41, 5.74) is 0.368. The number of benzene rings is 4. The third-order valence-corrected chi connectivity index (χ3v) is 7.05. The van der Waals surface area contributed by atoms with Crippen LogP contribution in [0.5, 0.6) is 11.5 Å². The van der Waals surface area contributed by atoms with Crippen LogP contribution >= 0.6 is 23.2 Å². The number of nitrogens with zero attached hydrogens (tertiary/aromatic N) is 2. The Bertz CT molecular complexity index is 1710. The number of rotatable bonds is 7. The fourth-order valence-corrected chi connectivity index (χ4v) is 4.90. The lowest BCUT2D eigenvalue weighted by molar-refractivity contribution is 0.102. The second kappa shape index (κ2) is 11.0. The number of halogens is 2. The molecule has 0 fully saturated rings. The number of nitrogens with one attached hydrogen (secondary N) is 1.